The molecule has 2 aromatic carbocycles. The molecule has 4 rings (SSSR count). The predicted octanol–water partition coefficient (Wildman–Crippen LogP) is 4.29. The van der Waals surface area contributed by atoms with Gasteiger partial charge in [0, 0.05) is 9.13 Å². The third kappa shape index (κ3) is 2.93. The number of halogens is 2. The van der Waals surface area contributed by atoms with Crippen molar-refractivity contribution in [1.82, 2.24) is 9.38 Å². The molecule has 26 heavy (non-hydrogen) atoms. The molecule has 0 bridgehead atoms. The number of ether oxygens (including phenoxy) is 1. The third-order valence-electron chi connectivity index (χ3n) is 4.21. The largest absolute Gasteiger partial charge is 0.495 e. The highest BCUT2D eigenvalue weighted by atomic mass is 127. The van der Waals surface area contributed by atoms with E-state index in [4.69, 9.17) is 4.74 Å². The van der Waals surface area contributed by atoms with E-state index < -0.39 is 0 Å². The highest BCUT2D eigenvalue weighted by molar-refractivity contribution is 14.1. The molecular weight excluding hydrogens is 574 g/mol. The lowest BCUT2D eigenvalue weighted by Crippen LogP contribution is -2.22. The zero-order chi connectivity index (χ0) is 18.6. The molecule has 0 fully saturated rings. The minimum atomic E-state index is -0.0339. The Bertz CT molecular complexity index is 1290. The number of benzene rings is 2. The van der Waals surface area contributed by atoms with Crippen LogP contribution in [0.2, 0.25) is 0 Å². The first-order valence-corrected chi connectivity index (χ1v) is 10.8. The Labute approximate surface area is 181 Å². The van der Waals surface area contributed by atoms with Gasteiger partial charge in [-0.25, -0.2) is 9.38 Å². The van der Waals surface area contributed by atoms with Crippen molar-refractivity contribution < 1.29 is 4.74 Å². The molecule has 0 saturated heterocycles. The number of rotatable bonds is 2. The van der Waals surface area contributed by atoms with Gasteiger partial charge in [0.2, 0.25) is 0 Å². The van der Waals surface area contributed by atoms with Gasteiger partial charge >= 0.3 is 0 Å². The van der Waals surface area contributed by atoms with E-state index in [1.54, 1.807) is 11.5 Å². The Hall–Kier alpha value is -1.20. The van der Waals surface area contributed by atoms with Gasteiger partial charge in [-0.15, -0.1) is 0 Å². The van der Waals surface area contributed by atoms with Crippen molar-refractivity contribution in [1.29, 1.82) is 0 Å². The molecule has 2 aromatic heterocycles. The van der Waals surface area contributed by atoms with Crippen LogP contribution >= 0.6 is 56.5 Å². The lowest BCUT2D eigenvalue weighted by Gasteiger charge is -2.07. The number of hydrogen-bond donors (Lipinski definition) is 0. The van der Waals surface area contributed by atoms with E-state index in [9.17, 15) is 4.79 Å². The summed E-state index contributed by atoms with van der Waals surface area (Å²) in [6.07, 6.45) is 1.90. The van der Waals surface area contributed by atoms with Crippen LogP contribution in [0.3, 0.4) is 0 Å². The highest BCUT2D eigenvalue weighted by Crippen LogP contribution is 2.29. The monoisotopic (exact) mass is 588 g/mol. The molecule has 0 spiro atoms. The van der Waals surface area contributed by atoms with Crippen LogP contribution in [0.15, 0.2) is 29.1 Å². The number of hydrogen-bond acceptors (Lipinski definition) is 4. The minimum Gasteiger partial charge on any atom is -0.495 e. The van der Waals surface area contributed by atoms with Crippen LogP contribution in [0.4, 0.5) is 0 Å². The average Bonchev–Trinajstić information content (AvgIpc) is 3.05. The normalized spacial score (nSPS) is 12.4. The van der Waals surface area contributed by atoms with Crippen molar-refractivity contribution in [3.05, 3.63) is 63.0 Å². The van der Waals surface area contributed by atoms with E-state index >= 15 is 0 Å². The van der Waals surface area contributed by atoms with Gasteiger partial charge < -0.3 is 4.74 Å². The van der Waals surface area contributed by atoms with E-state index in [-0.39, 0.29) is 5.56 Å². The van der Waals surface area contributed by atoms with Crippen LogP contribution in [0.1, 0.15) is 16.7 Å². The van der Waals surface area contributed by atoms with Gasteiger partial charge in [0.25, 0.3) is 5.56 Å². The molecule has 2 heterocycles. The molecule has 7 heteroatoms. The summed E-state index contributed by atoms with van der Waals surface area (Å²) in [6.45, 7) is 4.07. The molecule has 0 saturated carbocycles. The quantitative estimate of drug-likeness (QED) is 0.329. The molecule has 4 nitrogen and oxygen atoms in total. The number of aryl methyl sites for hydroxylation is 2. The Balaban J connectivity index is 2.04. The zero-order valence-electron chi connectivity index (χ0n) is 14.3. The highest BCUT2D eigenvalue weighted by Gasteiger charge is 2.14. The standard InChI is InChI=1S/C19H14I2N2O2S/c1-9-4-10(2)16-14(5-9)23-18(24)15(26-19(23)22-16)7-11-6-12(20)8-13(21)17(11)25-3/h4-8H,1-3H3/b15-7-. The van der Waals surface area contributed by atoms with Gasteiger partial charge in [-0.2, -0.15) is 0 Å². The van der Waals surface area contributed by atoms with Gasteiger partial charge in [0.1, 0.15) is 5.75 Å². The molecule has 0 N–H and O–H groups in total. The van der Waals surface area contributed by atoms with Crippen molar-refractivity contribution in [3.8, 4) is 5.75 Å². The van der Waals surface area contributed by atoms with Crippen molar-refractivity contribution in [3.63, 3.8) is 0 Å². The maximum Gasteiger partial charge on any atom is 0.274 e. The first-order chi connectivity index (χ1) is 12.4. The summed E-state index contributed by atoms with van der Waals surface area (Å²) in [5.74, 6) is 0.785. The summed E-state index contributed by atoms with van der Waals surface area (Å²) >= 11 is 5.94. The van der Waals surface area contributed by atoms with Crippen LogP contribution in [0, 0.1) is 21.0 Å². The van der Waals surface area contributed by atoms with Crippen LogP contribution < -0.4 is 14.8 Å². The molecular formula is C19H14I2N2O2S. The van der Waals surface area contributed by atoms with Crippen molar-refractivity contribution in [2.24, 2.45) is 0 Å². The van der Waals surface area contributed by atoms with Gasteiger partial charge in [0.15, 0.2) is 4.96 Å². The van der Waals surface area contributed by atoms with Gasteiger partial charge in [-0.05, 0) is 94.4 Å². The third-order valence-corrected chi connectivity index (χ3v) is 6.60. The van der Waals surface area contributed by atoms with Gasteiger partial charge in [-0.3, -0.25) is 4.79 Å². The molecule has 0 amide bonds. The second kappa shape index (κ2) is 6.75. The number of aromatic nitrogens is 2. The second-order valence-electron chi connectivity index (χ2n) is 6.11. The Morgan fingerprint density at radius 2 is 1.96 bits per heavy atom. The van der Waals surface area contributed by atoms with Crippen molar-refractivity contribution in [2.75, 3.05) is 7.11 Å². The Morgan fingerprint density at radius 1 is 1.19 bits per heavy atom. The second-order valence-corrected chi connectivity index (χ2v) is 9.52. The van der Waals surface area contributed by atoms with E-state index in [0.717, 1.165) is 45.6 Å². The zero-order valence-corrected chi connectivity index (χ0v) is 19.4. The number of thiazole rings is 1. The summed E-state index contributed by atoms with van der Waals surface area (Å²) in [4.78, 5) is 18.5. The van der Waals surface area contributed by atoms with E-state index in [0.29, 0.717) is 4.53 Å². The molecule has 0 aliphatic carbocycles. The molecule has 0 unspecified atom stereocenters. The summed E-state index contributed by atoms with van der Waals surface area (Å²) in [7, 11) is 1.65. The first-order valence-electron chi connectivity index (χ1n) is 7.86. The molecule has 0 radical (unpaired) electrons. The lowest BCUT2D eigenvalue weighted by molar-refractivity contribution is 0.410. The fraction of sp³-hybridized carbons (Fsp3) is 0.158. The molecule has 0 atom stereocenters. The minimum absolute atomic E-state index is 0.0339. The summed E-state index contributed by atoms with van der Waals surface area (Å²) < 4.78 is 10.0. The van der Waals surface area contributed by atoms with Crippen LogP contribution in [-0.4, -0.2) is 16.5 Å². The van der Waals surface area contributed by atoms with Crippen molar-refractivity contribution >= 4 is 78.6 Å². The van der Waals surface area contributed by atoms with Crippen LogP contribution in [0.25, 0.3) is 22.1 Å². The lowest BCUT2D eigenvalue weighted by atomic mass is 10.1. The smallest absolute Gasteiger partial charge is 0.274 e. The summed E-state index contributed by atoms with van der Waals surface area (Å²) in [6, 6.07) is 8.19. The van der Waals surface area contributed by atoms with E-state index in [1.165, 1.54) is 11.3 Å². The topological polar surface area (TPSA) is 43.6 Å². The number of nitrogens with zero attached hydrogens (tertiary/aromatic N) is 2. The molecule has 4 aromatic rings. The Morgan fingerprint density at radius 3 is 2.69 bits per heavy atom. The first kappa shape index (κ1) is 18.2. The van der Waals surface area contributed by atoms with E-state index in [2.05, 4.69) is 62.3 Å². The maximum atomic E-state index is 13.1. The van der Waals surface area contributed by atoms with Crippen LogP contribution in [0.5, 0.6) is 5.75 Å². The number of imidazole rings is 1. The summed E-state index contributed by atoms with van der Waals surface area (Å²) in [5, 5.41) is 0. The summed E-state index contributed by atoms with van der Waals surface area (Å²) in [5.41, 5.74) is 4.86. The van der Waals surface area contributed by atoms with Gasteiger partial charge in [0.05, 0.1) is 26.2 Å². The number of fused-ring (bicyclic) bond motifs is 3. The Kier molecular flexibility index (Phi) is 4.72. The fourth-order valence-electron chi connectivity index (χ4n) is 3.15. The van der Waals surface area contributed by atoms with Crippen molar-refractivity contribution in [2.45, 2.75) is 13.8 Å². The van der Waals surface area contributed by atoms with E-state index in [1.807, 2.05) is 32.1 Å². The fourth-order valence-corrected chi connectivity index (χ4v) is 6.23. The predicted molar refractivity (Wildman–Crippen MR) is 124 cm³/mol. The molecule has 0 aliphatic rings. The SMILES string of the molecule is COc1c(I)cc(I)cc1/C=c1\sc2nc3c(C)cc(C)cc3n2c1=O. The van der Waals surface area contributed by atoms with Crippen LogP contribution in [-0.2, 0) is 0 Å². The molecule has 0 aliphatic heterocycles. The van der Waals surface area contributed by atoms with Gasteiger partial charge in [-0.1, -0.05) is 17.4 Å². The average molecular weight is 588 g/mol. The molecule has 132 valence electrons. The maximum absolute atomic E-state index is 13.1. The number of methoxy groups -OCH3 is 1.